The Kier molecular flexibility index (Phi) is 14.5. The van der Waals surface area contributed by atoms with Gasteiger partial charge in [-0.2, -0.15) is 0 Å². The molecule has 0 heterocycles. The van der Waals surface area contributed by atoms with E-state index in [1.54, 1.807) is 31.2 Å². The van der Waals surface area contributed by atoms with E-state index in [-0.39, 0.29) is 32.1 Å². The maximum absolute atomic E-state index is 13.0. The minimum atomic E-state index is -1.23. The molecule has 0 aliphatic heterocycles. The van der Waals surface area contributed by atoms with Gasteiger partial charge in [0.05, 0.1) is 37.8 Å². The molecule has 6 N–H and O–H groups in total. The number of carbonyl (C=O) groups excluding carboxylic acids is 4. The first-order valence-corrected chi connectivity index (χ1v) is 13.0. The van der Waals surface area contributed by atoms with Crippen molar-refractivity contribution < 1.29 is 33.8 Å². The fourth-order valence-corrected chi connectivity index (χ4v) is 3.25. The highest BCUT2D eigenvalue weighted by atomic mass is 16.5. The van der Waals surface area contributed by atoms with Gasteiger partial charge in [0.15, 0.2) is 0 Å². The molecule has 11 heteroatoms. The second-order valence-electron chi connectivity index (χ2n) is 9.92. The van der Waals surface area contributed by atoms with Gasteiger partial charge in [0.1, 0.15) is 12.1 Å². The molecule has 0 aliphatic carbocycles. The van der Waals surface area contributed by atoms with Crippen LogP contribution in [0.5, 0.6) is 0 Å². The van der Waals surface area contributed by atoms with Crippen LogP contribution < -0.4 is 21.7 Å². The average Bonchev–Trinajstić information content (AvgIpc) is 2.87. The fourth-order valence-electron chi connectivity index (χ4n) is 3.25. The molecule has 3 amide bonds. The third-order valence-electron chi connectivity index (χ3n) is 5.84. The Morgan fingerprint density at radius 1 is 1.03 bits per heavy atom. The molecule has 0 aliphatic rings. The number of benzene rings is 1. The molecule has 1 aromatic carbocycles. The van der Waals surface area contributed by atoms with E-state index in [1.807, 2.05) is 20.8 Å². The van der Waals surface area contributed by atoms with E-state index >= 15 is 0 Å². The maximum atomic E-state index is 13.0. The molecule has 0 radical (unpaired) electrons. The zero-order chi connectivity index (χ0) is 28.7. The summed E-state index contributed by atoms with van der Waals surface area (Å²) < 4.78 is 11.0. The summed E-state index contributed by atoms with van der Waals surface area (Å²) in [4.78, 5) is 50.7. The normalized spacial score (nSPS) is 13.7. The summed E-state index contributed by atoms with van der Waals surface area (Å²) in [7, 11) is 0. The molecular weight excluding hydrogens is 492 g/mol. The van der Waals surface area contributed by atoms with Crippen LogP contribution in [0, 0.1) is 5.92 Å². The van der Waals surface area contributed by atoms with E-state index in [9.17, 15) is 24.3 Å². The standard InChI is InChI=1S/C27H44N4O7/c1-6-7-14-37-23(33)15-22(26(36)30-21-10-8-20(16-32)9-11-21)31-25(35)19(3)29-24(34)18(2)17-38-27(4,5)12-13-28/h8-11,18-19,22,32H,6-7,12-17,28H2,1-5H3,(H,29,34)(H,30,36)(H,31,35)/t18?,19-,22-/m0/s1. The van der Waals surface area contributed by atoms with Gasteiger partial charge in [-0.3, -0.25) is 19.2 Å². The average molecular weight is 537 g/mol. The molecule has 214 valence electrons. The number of nitrogens with two attached hydrogens (primary N) is 1. The summed E-state index contributed by atoms with van der Waals surface area (Å²) in [6.45, 7) is 9.59. The van der Waals surface area contributed by atoms with Crippen LogP contribution in [0.1, 0.15) is 65.9 Å². The molecule has 0 spiro atoms. The first-order chi connectivity index (χ1) is 17.9. The van der Waals surface area contributed by atoms with Gasteiger partial charge < -0.3 is 36.3 Å². The third-order valence-corrected chi connectivity index (χ3v) is 5.84. The van der Waals surface area contributed by atoms with Crippen LogP contribution in [0.3, 0.4) is 0 Å². The number of esters is 1. The lowest BCUT2D eigenvalue weighted by Crippen LogP contribution is -2.53. The lowest BCUT2D eigenvalue weighted by Gasteiger charge is -2.27. The Hall–Kier alpha value is -3.02. The van der Waals surface area contributed by atoms with Crippen molar-refractivity contribution in [3.05, 3.63) is 29.8 Å². The Morgan fingerprint density at radius 3 is 2.26 bits per heavy atom. The van der Waals surface area contributed by atoms with E-state index < -0.39 is 41.4 Å². The topological polar surface area (TPSA) is 169 Å². The van der Waals surface area contributed by atoms with Crippen molar-refractivity contribution in [1.29, 1.82) is 0 Å². The van der Waals surface area contributed by atoms with E-state index in [0.29, 0.717) is 30.6 Å². The summed E-state index contributed by atoms with van der Waals surface area (Å²) in [6, 6.07) is 4.28. The van der Waals surface area contributed by atoms with Crippen molar-refractivity contribution in [2.24, 2.45) is 11.7 Å². The second-order valence-corrected chi connectivity index (χ2v) is 9.92. The number of aliphatic hydroxyl groups is 1. The predicted octanol–water partition coefficient (Wildman–Crippen LogP) is 1.62. The Morgan fingerprint density at radius 2 is 1.68 bits per heavy atom. The van der Waals surface area contributed by atoms with Gasteiger partial charge in [-0.25, -0.2) is 0 Å². The van der Waals surface area contributed by atoms with Crippen LogP contribution in [0.25, 0.3) is 0 Å². The molecule has 11 nitrogen and oxygen atoms in total. The molecule has 0 fully saturated rings. The summed E-state index contributed by atoms with van der Waals surface area (Å²) in [5.74, 6) is -2.80. The highest BCUT2D eigenvalue weighted by molar-refractivity contribution is 6.00. The molecule has 0 bridgehead atoms. The summed E-state index contributed by atoms with van der Waals surface area (Å²) >= 11 is 0. The molecule has 38 heavy (non-hydrogen) atoms. The summed E-state index contributed by atoms with van der Waals surface area (Å²) in [5, 5.41) is 17.0. The first-order valence-electron chi connectivity index (χ1n) is 13.0. The minimum absolute atomic E-state index is 0.143. The van der Waals surface area contributed by atoms with Gasteiger partial charge in [-0.1, -0.05) is 32.4 Å². The monoisotopic (exact) mass is 536 g/mol. The maximum Gasteiger partial charge on any atom is 0.308 e. The third kappa shape index (κ3) is 12.5. The van der Waals surface area contributed by atoms with E-state index in [0.717, 1.165) is 6.42 Å². The Labute approximate surface area is 225 Å². The van der Waals surface area contributed by atoms with Crippen LogP contribution in [0.15, 0.2) is 24.3 Å². The lowest BCUT2D eigenvalue weighted by atomic mass is 10.0. The van der Waals surface area contributed by atoms with Crippen LogP contribution in [-0.4, -0.2) is 66.2 Å². The number of hydrogen-bond acceptors (Lipinski definition) is 8. The number of hydrogen-bond donors (Lipinski definition) is 5. The number of nitrogens with one attached hydrogen (secondary N) is 3. The van der Waals surface area contributed by atoms with E-state index in [1.165, 1.54) is 6.92 Å². The SMILES string of the molecule is CCCCOC(=O)C[C@H](NC(=O)[C@H](C)NC(=O)C(C)COC(C)(C)CCN)C(=O)Nc1ccc(CO)cc1. The Bertz CT molecular complexity index is 905. The molecule has 0 saturated carbocycles. The number of anilines is 1. The second kappa shape index (κ2) is 16.7. The van der Waals surface area contributed by atoms with Crippen molar-refractivity contribution in [2.45, 2.75) is 84.6 Å². The molecule has 0 saturated heterocycles. The molecular formula is C27H44N4O7. The van der Waals surface area contributed by atoms with Gasteiger partial charge in [0.25, 0.3) is 0 Å². The Balaban J connectivity index is 2.81. The van der Waals surface area contributed by atoms with Gasteiger partial charge in [-0.05, 0) is 57.9 Å². The summed E-state index contributed by atoms with van der Waals surface area (Å²) in [5.41, 5.74) is 6.21. The number of carbonyl (C=O) groups is 4. The molecule has 0 aromatic heterocycles. The summed E-state index contributed by atoms with van der Waals surface area (Å²) in [6.07, 6.45) is 1.77. The fraction of sp³-hybridized carbons (Fsp3) is 0.630. The zero-order valence-corrected chi connectivity index (χ0v) is 23.2. The largest absolute Gasteiger partial charge is 0.466 e. The van der Waals surface area contributed by atoms with Crippen molar-refractivity contribution in [3.8, 4) is 0 Å². The molecule has 1 aromatic rings. The van der Waals surface area contributed by atoms with Crippen molar-refractivity contribution in [2.75, 3.05) is 25.1 Å². The zero-order valence-electron chi connectivity index (χ0n) is 23.2. The van der Waals surface area contributed by atoms with E-state index in [4.69, 9.17) is 15.2 Å². The van der Waals surface area contributed by atoms with Crippen LogP contribution >= 0.6 is 0 Å². The number of unbranched alkanes of at least 4 members (excludes halogenated alkanes) is 1. The van der Waals surface area contributed by atoms with Crippen molar-refractivity contribution in [3.63, 3.8) is 0 Å². The molecule has 3 atom stereocenters. The number of ether oxygens (including phenoxy) is 2. The lowest BCUT2D eigenvalue weighted by molar-refractivity contribution is -0.146. The predicted molar refractivity (Wildman–Crippen MR) is 144 cm³/mol. The van der Waals surface area contributed by atoms with Gasteiger partial charge in [-0.15, -0.1) is 0 Å². The van der Waals surface area contributed by atoms with Crippen molar-refractivity contribution in [1.82, 2.24) is 10.6 Å². The number of rotatable bonds is 17. The quantitative estimate of drug-likeness (QED) is 0.148. The first kappa shape index (κ1) is 33.0. The van der Waals surface area contributed by atoms with Crippen LogP contribution in [0.4, 0.5) is 5.69 Å². The van der Waals surface area contributed by atoms with Gasteiger partial charge in [0, 0.05) is 5.69 Å². The van der Waals surface area contributed by atoms with Gasteiger partial charge >= 0.3 is 5.97 Å². The van der Waals surface area contributed by atoms with Gasteiger partial charge in [0.2, 0.25) is 17.7 Å². The van der Waals surface area contributed by atoms with Crippen LogP contribution in [-0.2, 0) is 35.3 Å². The number of amides is 3. The molecule has 1 unspecified atom stereocenters. The number of aliphatic hydroxyl groups excluding tert-OH is 1. The van der Waals surface area contributed by atoms with Crippen LogP contribution in [0.2, 0.25) is 0 Å². The highest BCUT2D eigenvalue weighted by Gasteiger charge is 2.28. The molecule has 1 rings (SSSR count). The van der Waals surface area contributed by atoms with E-state index in [2.05, 4.69) is 16.0 Å². The highest BCUT2D eigenvalue weighted by Crippen LogP contribution is 2.15. The minimum Gasteiger partial charge on any atom is -0.466 e. The smallest absolute Gasteiger partial charge is 0.308 e. The van der Waals surface area contributed by atoms with Crippen molar-refractivity contribution >= 4 is 29.4 Å².